The van der Waals surface area contributed by atoms with Crippen LogP contribution in [0.2, 0.25) is 0 Å². The Bertz CT molecular complexity index is 1520. The molecule has 47 heavy (non-hydrogen) atoms. The van der Waals surface area contributed by atoms with E-state index in [0.29, 0.717) is 23.6 Å². The average molecular weight is 644 g/mol. The molecule has 0 saturated heterocycles. The lowest BCUT2D eigenvalue weighted by molar-refractivity contribution is -0.143. The van der Waals surface area contributed by atoms with E-state index in [1.54, 1.807) is 49.9 Å². The van der Waals surface area contributed by atoms with Crippen LogP contribution in [-0.2, 0) is 20.7 Å². The number of amides is 3. The third-order valence-electron chi connectivity index (χ3n) is 8.36. The number of aryl methyl sites for hydroxylation is 4. The van der Waals surface area contributed by atoms with Crippen LogP contribution in [0.25, 0.3) is 0 Å². The van der Waals surface area contributed by atoms with Crippen molar-refractivity contribution in [2.75, 3.05) is 5.32 Å². The topological polar surface area (TPSA) is 108 Å². The molecular formula is C39H53N3O5. The summed E-state index contributed by atoms with van der Waals surface area (Å²) >= 11 is 0. The van der Waals surface area contributed by atoms with Gasteiger partial charge in [0, 0.05) is 18.2 Å². The SMILES string of the molecule is Cc1ccc(C(C(=O)Nc2c(C)cccc2C)N(C(=O)C(Cc2ccc(O)cc2)NC(=O)OC(C)(C)C)C(C)CCC(C)C)cc1C. The molecule has 0 aromatic heterocycles. The van der Waals surface area contributed by atoms with Gasteiger partial charge in [-0.3, -0.25) is 9.59 Å². The lowest BCUT2D eigenvalue weighted by Gasteiger charge is -2.39. The Kier molecular flexibility index (Phi) is 12.6. The Morgan fingerprint density at radius 2 is 1.45 bits per heavy atom. The normalized spacial score (nSPS) is 13.4. The predicted molar refractivity (Wildman–Crippen MR) is 189 cm³/mol. The van der Waals surface area contributed by atoms with Gasteiger partial charge in [-0.2, -0.15) is 0 Å². The highest BCUT2D eigenvalue weighted by Crippen LogP contribution is 2.31. The molecule has 3 amide bonds. The second-order valence-electron chi connectivity index (χ2n) is 14.1. The minimum Gasteiger partial charge on any atom is -0.508 e. The van der Waals surface area contributed by atoms with Crippen molar-refractivity contribution < 1.29 is 24.2 Å². The van der Waals surface area contributed by atoms with Gasteiger partial charge in [-0.05, 0) is 120 Å². The van der Waals surface area contributed by atoms with E-state index in [1.807, 2.05) is 71.0 Å². The molecule has 0 heterocycles. The van der Waals surface area contributed by atoms with Gasteiger partial charge in [0.1, 0.15) is 23.4 Å². The Hall–Kier alpha value is -4.33. The number of para-hydroxylation sites is 1. The van der Waals surface area contributed by atoms with Crippen LogP contribution >= 0.6 is 0 Å². The maximum Gasteiger partial charge on any atom is 0.408 e. The number of anilines is 1. The molecule has 0 aliphatic rings. The van der Waals surface area contributed by atoms with Crippen molar-refractivity contribution in [2.45, 2.75) is 112 Å². The summed E-state index contributed by atoms with van der Waals surface area (Å²) in [5.74, 6) is -0.264. The van der Waals surface area contributed by atoms with Crippen molar-refractivity contribution in [3.8, 4) is 5.75 Å². The molecule has 0 aliphatic carbocycles. The fourth-order valence-electron chi connectivity index (χ4n) is 5.59. The summed E-state index contributed by atoms with van der Waals surface area (Å²) in [6.07, 6.45) is 0.890. The minimum absolute atomic E-state index is 0.0960. The fraction of sp³-hybridized carbons (Fsp3) is 0.462. The maximum absolute atomic E-state index is 15.0. The highest BCUT2D eigenvalue weighted by atomic mass is 16.6. The number of carbonyl (C=O) groups excluding carboxylic acids is 3. The van der Waals surface area contributed by atoms with Gasteiger partial charge >= 0.3 is 6.09 Å². The van der Waals surface area contributed by atoms with E-state index in [4.69, 9.17) is 4.74 Å². The zero-order chi connectivity index (χ0) is 35.1. The number of aromatic hydroxyl groups is 1. The summed E-state index contributed by atoms with van der Waals surface area (Å²) in [6.45, 7) is 19.4. The minimum atomic E-state index is -1.06. The average Bonchev–Trinajstić information content (AvgIpc) is 2.97. The summed E-state index contributed by atoms with van der Waals surface area (Å²) < 4.78 is 5.58. The van der Waals surface area contributed by atoms with Gasteiger partial charge in [-0.25, -0.2) is 4.79 Å². The highest BCUT2D eigenvalue weighted by molar-refractivity contribution is 6.00. The number of alkyl carbamates (subject to hydrolysis) is 1. The first-order valence-electron chi connectivity index (χ1n) is 16.5. The summed E-state index contributed by atoms with van der Waals surface area (Å²) in [4.78, 5) is 44.4. The number of nitrogens with one attached hydrogen (secondary N) is 2. The molecule has 0 bridgehead atoms. The van der Waals surface area contributed by atoms with Gasteiger partial charge in [0.15, 0.2) is 0 Å². The summed E-state index contributed by atoms with van der Waals surface area (Å²) in [6, 6.07) is 15.8. The Morgan fingerprint density at radius 3 is 2.00 bits per heavy atom. The van der Waals surface area contributed by atoms with Gasteiger partial charge in [0.2, 0.25) is 5.91 Å². The predicted octanol–water partition coefficient (Wildman–Crippen LogP) is 8.09. The van der Waals surface area contributed by atoms with Crippen LogP contribution < -0.4 is 10.6 Å². The van der Waals surface area contributed by atoms with Crippen molar-refractivity contribution in [1.82, 2.24) is 10.2 Å². The fourth-order valence-corrected chi connectivity index (χ4v) is 5.59. The van der Waals surface area contributed by atoms with E-state index < -0.39 is 29.7 Å². The molecule has 3 atom stereocenters. The molecule has 3 aromatic rings. The number of phenolic OH excluding ortho intramolecular Hbond substituents is 1. The van der Waals surface area contributed by atoms with Crippen LogP contribution in [0.4, 0.5) is 10.5 Å². The van der Waals surface area contributed by atoms with Crippen molar-refractivity contribution in [1.29, 1.82) is 0 Å². The monoisotopic (exact) mass is 643 g/mol. The van der Waals surface area contributed by atoms with E-state index in [-0.39, 0.29) is 24.1 Å². The largest absolute Gasteiger partial charge is 0.508 e. The number of rotatable bonds is 12. The second-order valence-corrected chi connectivity index (χ2v) is 14.1. The number of carbonyl (C=O) groups is 3. The first-order valence-corrected chi connectivity index (χ1v) is 16.5. The van der Waals surface area contributed by atoms with Crippen molar-refractivity contribution in [3.63, 3.8) is 0 Å². The number of benzene rings is 3. The third-order valence-corrected chi connectivity index (χ3v) is 8.36. The van der Waals surface area contributed by atoms with Crippen LogP contribution in [0.15, 0.2) is 60.7 Å². The smallest absolute Gasteiger partial charge is 0.408 e. The van der Waals surface area contributed by atoms with Crippen molar-refractivity contribution in [3.05, 3.63) is 94.0 Å². The number of nitrogens with zero attached hydrogens (tertiary/aromatic N) is 1. The molecule has 0 radical (unpaired) electrons. The van der Waals surface area contributed by atoms with Crippen LogP contribution in [-0.4, -0.2) is 45.6 Å². The third kappa shape index (κ3) is 10.6. The summed E-state index contributed by atoms with van der Waals surface area (Å²) in [5, 5.41) is 15.9. The zero-order valence-electron chi connectivity index (χ0n) is 29.7. The van der Waals surface area contributed by atoms with Crippen LogP contribution in [0.1, 0.15) is 93.8 Å². The van der Waals surface area contributed by atoms with E-state index in [2.05, 4.69) is 24.5 Å². The Morgan fingerprint density at radius 1 is 0.830 bits per heavy atom. The first-order chi connectivity index (χ1) is 22.0. The highest BCUT2D eigenvalue weighted by Gasteiger charge is 2.39. The van der Waals surface area contributed by atoms with Gasteiger partial charge < -0.3 is 25.4 Å². The molecule has 0 aliphatic heterocycles. The molecule has 0 fully saturated rings. The van der Waals surface area contributed by atoms with Gasteiger partial charge in [0.05, 0.1) is 0 Å². The molecule has 8 heteroatoms. The molecule has 254 valence electrons. The first kappa shape index (κ1) is 37.1. The molecule has 0 saturated carbocycles. The van der Waals surface area contributed by atoms with Crippen LogP contribution in [0.3, 0.4) is 0 Å². The quantitative estimate of drug-likeness (QED) is 0.185. The summed E-state index contributed by atoms with van der Waals surface area (Å²) in [5.41, 5.74) is 5.25. The summed E-state index contributed by atoms with van der Waals surface area (Å²) in [7, 11) is 0. The van der Waals surface area contributed by atoms with Gasteiger partial charge in [0.25, 0.3) is 5.91 Å². The van der Waals surface area contributed by atoms with Crippen molar-refractivity contribution in [2.24, 2.45) is 5.92 Å². The van der Waals surface area contributed by atoms with Gasteiger partial charge in [-0.15, -0.1) is 0 Å². The number of phenols is 1. The zero-order valence-corrected chi connectivity index (χ0v) is 29.7. The van der Waals surface area contributed by atoms with E-state index in [9.17, 15) is 19.5 Å². The molecule has 3 rings (SSSR count). The molecule has 3 unspecified atom stereocenters. The lowest BCUT2D eigenvalue weighted by Crippen LogP contribution is -2.55. The molecule has 8 nitrogen and oxygen atoms in total. The molecule has 3 N–H and O–H groups in total. The maximum atomic E-state index is 15.0. The van der Waals surface area contributed by atoms with E-state index in [0.717, 1.165) is 34.2 Å². The van der Waals surface area contributed by atoms with Crippen LogP contribution in [0, 0.1) is 33.6 Å². The Labute approximate surface area is 280 Å². The van der Waals surface area contributed by atoms with E-state index >= 15 is 0 Å². The molecular weight excluding hydrogens is 590 g/mol. The van der Waals surface area contributed by atoms with E-state index in [1.165, 1.54) is 0 Å². The molecule has 0 spiro atoms. The van der Waals surface area contributed by atoms with Crippen LogP contribution in [0.5, 0.6) is 5.75 Å². The number of hydrogen-bond acceptors (Lipinski definition) is 5. The second kappa shape index (κ2) is 16.0. The van der Waals surface area contributed by atoms with Gasteiger partial charge in [-0.1, -0.05) is 62.4 Å². The number of hydrogen-bond donors (Lipinski definition) is 3. The Balaban J connectivity index is 2.20. The number of ether oxygens (including phenoxy) is 1. The lowest BCUT2D eigenvalue weighted by atomic mass is 9.94. The molecule has 3 aromatic carbocycles. The van der Waals surface area contributed by atoms with Crippen molar-refractivity contribution >= 4 is 23.6 Å². The standard InChI is InChI=1S/C39H53N3O5/c1-24(2)14-16-29(7)42(37(45)33(40-38(46)47-39(8,9)10)23-30-17-20-32(43)21-18-30)35(31-19-15-25(3)28(6)22-31)36(44)41-34-26(4)12-11-13-27(34)5/h11-13,15,17-22,24,29,33,35,43H,14,16,23H2,1-10H3,(H,40,46)(H,41,44).